The highest BCUT2D eigenvalue weighted by Crippen LogP contribution is 2.39. The minimum atomic E-state index is -0.741. The van der Waals surface area contributed by atoms with Gasteiger partial charge in [-0.15, -0.1) is 0 Å². The van der Waals surface area contributed by atoms with Crippen LogP contribution in [0.2, 0.25) is 0 Å². The first-order valence-corrected chi connectivity index (χ1v) is 15.7. The van der Waals surface area contributed by atoms with Gasteiger partial charge in [0.2, 0.25) is 0 Å². The molecule has 0 aliphatic carbocycles. The van der Waals surface area contributed by atoms with E-state index in [2.05, 4.69) is 83.9 Å². The van der Waals surface area contributed by atoms with Crippen LogP contribution in [-0.4, -0.2) is 19.7 Å². The fraction of sp³-hybridized carbons (Fsp3) is 0.333. The van der Waals surface area contributed by atoms with Crippen molar-refractivity contribution in [1.82, 2.24) is 14.2 Å². The van der Waals surface area contributed by atoms with E-state index in [4.69, 9.17) is 4.84 Å². The molecule has 0 saturated carbocycles. The Kier molecular flexibility index (Phi) is 7.50. The van der Waals surface area contributed by atoms with Crippen molar-refractivity contribution in [1.29, 1.82) is 0 Å². The van der Waals surface area contributed by atoms with Gasteiger partial charge in [-0.2, -0.15) is 5.06 Å². The number of nitrogens with zero attached hydrogens (tertiary/aromatic N) is 3. The number of fused-ring (bicyclic) bond motifs is 4. The number of para-hydroxylation sites is 1. The largest absolute Gasteiger partial charge is 0.343 e. The molecule has 4 aromatic carbocycles. The monoisotopic (exact) mass is 601 g/mol. The molecular weight excluding hydrogens is 558 g/mol. The van der Waals surface area contributed by atoms with Crippen molar-refractivity contribution in [3.8, 4) is 0 Å². The fourth-order valence-corrected chi connectivity index (χ4v) is 6.74. The molecule has 0 spiro atoms. The van der Waals surface area contributed by atoms with Crippen LogP contribution in [0.5, 0.6) is 0 Å². The van der Waals surface area contributed by atoms with E-state index in [1.807, 2.05) is 77.8 Å². The molecule has 0 aliphatic heterocycles. The summed E-state index contributed by atoms with van der Waals surface area (Å²) in [5, 5.41) is 4.60. The van der Waals surface area contributed by atoms with Gasteiger partial charge in [-0.25, -0.2) is 0 Å². The molecule has 232 valence electrons. The Morgan fingerprint density at radius 3 is 1.71 bits per heavy atom. The summed E-state index contributed by atoms with van der Waals surface area (Å²) in [7, 11) is 3.90. The van der Waals surface area contributed by atoms with Gasteiger partial charge >= 0.3 is 0 Å². The molecule has 6 heteroatoms. The van der Waals surface area contributed by atoms with E-state index >= 15 is 0 Å². The van der Waals surface area contributed by atoms with Crippen LogP contribution < -0.4 is 10.9 Å². The van der Waals surface area contributed by atoms with Crippen molar-refractivity contribution in [2.45, 2.75) is 65.6 Å². The van der Waals surface area contributed by atoms with E-state index in [1.165, 1.54) is 5.56 Å². The summed E-state index contributed by atoms with van der Waals surface area (Å²) in [5.74, 6) is 0.292. The molecule has 0 saturated heterocycles. The highest BCUT2D eigenvalue weighted by Gasteiger charge is 2.38. The maximum absolute atomic E-state index is 14.2. The summed E-state index contributed by atoms with van der Waals surface area (Å²) in [6.45, 7) is 15.1. The number of rotatable bonds is 6. The topological polar surface area (TPSA) is 56.5 Å². The third-order valence-corrected chi connectivity index (χ3v) is 9.15. The van der Waals surface area contributed by atoms with Crippen molar-refractivity contribution in [2.24, 2.45) is 20.0 Å². The molecule has 6 aromatic rings. The van der Waals surface area contributed by atoms with Gasteiger partial charge in [-0.3, -0.25) is 14.4 Å². The van der Waals surface area contributed by atoms with Gasteiger partial charge in [0.1, 0.15) is 5.60 Å². The Balaban J connectivity index is 1.51. The summed E-state index contributed by atoms with van der Waals surface area (Å²) in [5.41, 5.74) is 4.11. The number of hydrogen-bond acceptors (Lipinski definition) is 4. The zero-order valence-electron chi connectivity index (χ0n) is 27.8. The molecule has 45 heavy (non-hydrogen) atoms. The van der Waals surface area contributed by atoms with Crippen molar-refractivity contribution in [3.63, 3.8) is 0 Å². The van der Waals surface area contributed by atoms with Crippen LogP contribution in [0.4, 0.5) is 0 Å². The third-order valence-electron chi connectivity index (χ3n) is 9.15. The van der Waals surface area contributed by atoms with Crippen LogP contribution in [-0.2, 0) is 24.5 Å². The maximum Gasteiger partial charge on any atom is 0.197 e. The van der Waals surface area contributed by atoms with Crippen molar-refractivity contribution in [2.75, 3.05) is 0 Å². The van der Waals surface area contributed by atoms with E-state index in [0.29, 0.717) is 27.5 Å². The first kappa shape index (κ1) is 30.8. The van der Waals surface area contributed by atoms with E-state index < -0.39 is 5.60 Å². The summed E-state index contributed by atoms with van der Waals surface area (Å²) >= 11 is 0. The molecule has 1 atom stereocenters. The second-order valence-corrected chi connectivity index (χ2v) is 14.1. The van der Waals surface area contributed by atoms with Gasteiger partial charge in [0, 0.05) is 41.2 Å². The van der Waals surface area contributed by atoms with Gasteiger partial charge in [0.15, 0.2) is 10.9 Å². The molecule has 6 nitrogen and oxygen atoms in total. The molecule has 6 rings (SSSR count). The third kappa shape index (κ3) is 5.16. The van der Waals surface area contributed by atoms with Crippen LogP contribution in [0.15, 0.2) is 94.5 Å². The second kappa shape index (κ2) is 11.0. The summed E-state index contributed by atoms with van der Waals surface area (Å²) < 4.78 is 4.02. The van der Waals surface area contributed by atoms with Crippen LogP contribution in [0.25, 0.3) is 43.6 Å². The molecule has 0 radical (unpaired) electrons. The average Bonchev–Trinajstić information content (AvgIpc) is 3.01. The lowest BCUT2D eigenvalue weighted by Crippen LogP contribution is -2.49. The van der Waals surface area contributed by atoms with Crippen molar-refractivity contribution in [3.05, 3.63) is 117 Å². The first-order chi connectivity index (χ1) is 21.2. The minimum Gasteiger partial charge on any atom is -0.343 e. The number of hydroxylamine groups is 2. The second-order valence-electron chi connectivity index (χ2n) is 14.1. The number of pyridine rings is 2. The number of hydrogen-bond donors (Lipinski definition) is 0. The lowest BCUT2D eigenvalue weighted by Gasteiger charge is -2.46. The van der Waals surface area contributed by atoms with Gasteiger partial charge in [-0.1, -0.05) is 62.4 Å². The summed E-state index contributed by atoms with van der Waals surface area (Å²) in [4.78, 5) is 34.7. The summed E-state index contributed by atoms with van der Waals surface area (Å²) in [6.07, 6.45) is 0. The van der Waals surface area contributed by atoms with E-state index in [1.54, 1.807) is 0 Å². The van der Waals surface area contributed by atoms with Crippen LogP contribution >= 0.6 is 0 Å². The van der Waals surface area contributed by atoms with E-state index in [0.717, 1.165) is 27.6 Å². The molecular formula is C39H43N3O3. The SMILES string of the molecule is CC(C)C(c1ccccc1)N(OC(C)(C)c1ccc2c(c1)c(=O)c1cc3c(cc1n2C)c(=O)c1ccccc1n3C)C(C)(C)C. The predicted molar refractivity (Wildman–Crippen MR) is 187 cm³/mol. The van der Waals surface area contributed by atoms with Crippen molar-refractivity contribution < 1.29 is 4.84 Å². The van der Waals surface area contributed by atoms with Gasteiger partial charge in [0.25, 0.3) is 0 Å². The quantitative estimate of drug-likeness (QED) is 0.142. The Morgan fingerprint density at radius 1 is 0.622 bits per heavy atom. The average molecular weight is 602 g/mol. The Morgan fingerprint density at radius 2 is 1.13 bits per heavy atom. The normalized spacial score (nSPS) is 13.6. The standard InChI is InChI=1S/C39H43N3O3/c1-24(2)35(25-15-11-10-12-16-25)42(38(3,4)5)45-39(6,7)26-19-20-32-28(21-26)37(44)30-23-33-29(22-34(30)41(32)9)36(43)27-17-13-14-18-31(27)40(33)8/h10-24,35H,1-9H3. The molecule has 2 aromatic heterocycles. The molecule has 0 bridgehead atoms. The van der Waals surface area contributed by atoms with Crippen molar-refractivity contribution >= 4 is 43.6 Å². The lowest BCUT2D eigenvalue weighted by atomic mass is 9.91. The number of aromatic nitrogens is 2. The molecule has 1 unspecified atom stereocenters. The van der Waals surface area contributed by atoms with Crippen LogP contribution in [0, 0.1) is 5.92 Å². The Hall–Kier alpha value is -4.26. The maximum atomic E-state index is 14.2. The van der Waals surface area contributed by atoms with E-state index in [9.17, 15) is 9.59 Å². The van der Waals surface area contributed by atoms with Gasteiger partial charge in [0.05, 0.1) is 28.1 Å². The minimum absolute atomic E-state index is 0.0266. The predicted octanol–water partition coefficient (Wildman–Crippen LogP) is 8.36. The van der Waals surface area contributed by atoms with E-state index in [-0.39, 0.29) is 22.4 Å². The lowest BCUT2D eigenvalue weighted by molar-refractivity contribution is -0.306. The highest BCUT2D eigenvalue weighted by molar-refractivity contribution is 6.03. The summed E-state index contributed by atoms with van der Waals surface area (Å²) in [6, 6.07) is 27.9. The van der Waals surface area contributed by atoms with Gasteiger partial charge < -0.3 is 9.13 Å². The zero-order valence-corrected chi connectivity index (χ0v) is 27.8. The number of benzene rings is 4. The molecule has 0 fully saturated rings. The highest BCUT2D eigenvalue weighted by atomic mass is 16.7. The molecule has 0 amide bonds. The fourth-order valence-electron chi connectivity index (χ4n) is 6.74. The number of aryl methyl sites for hydroxylation is 2. The smallest absolute Gasteiger partial charge is 0.197 e. The first-order valence-electron chi connectivity index (χ1n) is 15.7. The van der Waals surface area contributed by atoms with Crippen LogP contribution in [0.1, 0.15) is 65.6 Å². The van der Waals surface area contributed by atoms with Gasteiger partial charge in [-0.05, 0) is 88.1 Å². The van der Waals surface area contributed by atoms with Crippen LogP contribution in [0.3, 0.4) is 0 Å². The Bertz CT molecular complexity index is 2200. The molecule has 2 heterocycles. The zero-order chi connectivity index (χ0) is 32.4. The molecule has 0 aliphatic rings. The molecule has 0 N–H and O–H groups in total. The Labute approximate surface area is 264 Å².